The molecule has 0 fully saturated rings. The van der Waals surface area contributed by atoms with E-state index in [0.29, 0.717) is 13.1 Å². The van der Waals surface area contributed by atoms with Crippen molar-refractivity contribution >= 4 is 5.96 Å². The van der Waals surface area contributed by atoms with E-state index in [2.05, 4.69) is 25.5 Å². The Morgan fingerprint density at radius 3 is 2.74 bits per heavy atom. The molecule has 2 heterocycles. The second kappa shape index (κ2) is 11.3. The van der Waals surface area contributed by atoms with Crippen LogP contribution >= 0.6 is 0 Å². The van der Waals surface area contributed by atoms with Crippen molar-refractivity contribution in [3.05, 3.63) is 59.9 Å². The number of para-hydroxylation sites is 1. The topological polar surface area (TPSA) is 85.4 Å². The van der Waals surface area contributed by atoms with E-state index in [1.807, 2.05) is 79.9 Å². The van der Waals surface area contributed by atoms with E-state index in [9.17, 15) is 0 Å². The van der Waals surface area contributed by atoms with Gasteiger partial charge in [-0.2, -0.15) is 5.10 Å². The highest BCUT2D eigenvalue weighted by atomic mass is 16.5. The Kier molecular flexibility index (Phi) is 8.17. The fraction of sp³-hybridized carbons (Fsp3) is 0.455. The highest BCUT2D eigenvalue weighted by molar-refractivity contribution is 5.79. The van der Waals surface area contributed by atoms with Gasteiger partial charge in [0.1, 0.15) is 12.4 Å². The molecule has 0 atom stereocenters. The smallest absolute Gasteiger partial charge is 0.194 e. The lowest BCUT2D eigenvalue weighted by Gasteiger charge is -2.22. The van der Waals surface area contributed by atoms with Crippen LogP contribution in [0.4, 0.5) is 0 Å². The Labute approximate surface area is 183 Å². The molecule has 0 unspecified atom stereocenters. The minimum atomic E-state index is 0.457. The van der Waals surface area contributed by atoms with Crippen LogP contribution in [0.25, 0.3) is 5.69 Å². The number of hydrogen-bond acceptors (Lipinski definition) is 5. The van der Waals surface area contributed by atoms with Gasteiger partial charge in [0, 0.05) is 52.2 Å². The maximum Gasteiger partial charge on any atom is 0.194 e. The van der Waals surface area contributed by atoms with Gasteiger partial charge in [0.2, 0.25) is 0 Å². The molecule has 9 heteroatoms. The van der Waals surface area contributed by atoms with E-state index in [1.54, 1.807) is 0 Å². The fourth-order valence-electron chi connectivity index (χ4n) is 3.08. The van der Waals surface area contributed by atoms with E-state index in [4.69, 9.17) is 9.73 Å². The molecule has 166 valence electrons. The zero-order valence-corrected chi connectivity index (χ0v) is 18.8. The Hall–Kier alpha value is -3.20. The highest BCUT2D eigenvalue weighted by Gasteiger charge is 2.11. The molecule has 1 aromatic carbocycles. The SMILES string of the molecule is CCOCCCNC(=NCc1nnc(C)n1C)N(C)Cc1cnn(-c2ccccc2)c1. The predicted octanol–water partition coefficient (Wildman–Crippen LogP) is 2.31. The molecular formula is C22H32N8O. The van der Waals surface area contributed by atoms with Crippen LogP contribution in [0, 0.1) is 6.92 Å². The molecule has 0 amide bonds. The van der Waals surface area contributed by atoms with Crippen LogP contribution in [-0.4, -0.2) is 62.2 Å². The molecule has 3 rings (SSSR count). The van der Waals surface area contributed by atoms with Crippen molar-refractivity contribution in [3.63, 3.8) is 0 Å². The molecule has 0 aliphatic carbocycles. The number of nitrogens with zero attached hydrogens (tertiary/aromatic N) is 7. The van der Waals surface area contributed by atoms with E-state index in [0.717, 1.165) is 55.0 Å². The van der Waals surface area contributed by atoms with Crippen LogP contribution in [0.3, 0.4) is 0 Å². The molecule has 31 heavy (non-hydrogen) atoms. The van der Waals surface area contributed by atoms with Crippen LogP contribution in [0.2, 0.25) is 0 Å². The van der Waals surface area contributed by atoms with E-state index >= 15 is 0 Å². The largest absolute Gasteiger partial charge is 0.382 e. The monoisotopic (exact) mass is 424 g/mol. The Morgan fingerprint density at radius 2 is 2.03 bits per heavy atom. The predicted molar refractivity (Wildman–Crippen MR) is 121 cm³/mol. The van der Waals surface area contributed by atoms with Gasteiger partial charge in [0.25, 0.3) is 0 Å². The van der Waals surface area contributed by atoms with Gasteiger partial charge in [0.15, 0.2) is 11.8 Å². The van der Waals surface area contributed by atoms with Crippen molar-refractivity contribution in [2.75, 3.05) is 26.8 Å². The standard InChI is InChI=1S/C22H32N8O/c1-5-31-13-9-12-23-22(24-15-21-27-26-18(2)29(21)4)28(3)16-19-14-25-30(17-19)20-10-7-6-8-11-20/h6-8,10-11,14,17H,5,9,12-13,15-16H2,1-4H3,(H,23,24). The van der Waals surface area contributed by atoms with Crippen LogP contribution in [0.15, 0.2) is 47.7 Å². The second-order valence-corrected chi connectivity index (χ2v) is 7.32. The first kappa shape index (κ1) is 22.5. The van der Waals surface area contributed by atoms with Gasteiger partial charge in [-0.3, -0.25) is 0 Å². The van der Waals surface area contributed by atoms with Gasteiger partial charge in [-0.1, -0.05) is 18.2 Å². The van der Waals surface area contributed by atoms with Crippen molar-refractivity contribution < 1.29 is 4.74 Å². The molecule has 0 aliphatic heterocycles. The average molecular weight is 425 g/mol. The van der Waals surface area contributed by atoms with Gasteiger partial charge >= 0.3 is 0 Å². The summed E-state index contributed by atoms with van der Waals surface area (Å²) in [4.78, 5) is 6.88. The average Bonchev–Trinajstić information content (AvgIpc) is 3.38. The first-order valence-electron chi connectivity index (χ1n) is 10.6. The summed E-state index contributed by atoms with van der Waals surface area (Å²) >= 11 is 0. The maximum absolute atomic E-state index is 5.44. The lowest BCUT2D eigenvalue weighted by molar-refractivity contribution is 0.145. The Morgan fingerprint density at radius 1 is 1.23 bits per heavy atom. The van der Waals surface area contributed by atoms with Crippen molar-refractivity contribution in [1.82, 2.24) is 34.8 Å². The summed E-state index contributed by atoms with van der Waals surface area (Å²) in [7, 11) is 3.98. The number of hydrogen-bond donors (Lipinski definition) is 1. The van der Waals surface area contributed by atoms with Gasteiger partial charge in [-0.05, 0) is 32.4 Å². The molecule has 0 bridgehead atoms. The summed E-state index contributed by atoms with van der Waals surface area (Å²) in [5.41, 5.74) is 2.14. The Balaban J connectivity index is 1.67. The van der Waals surface area contributed by atoms with Crippen LogP contribution < -0.4 is 5.32 Å². The lowest BCUT2D eigenvalue weighted by atomic mass is 10.3. The van der Waals surface area contributed by atoms with Crippen molar-refractivity contribution in [2.24, 2.45) is 12.0 Å². The zero-order chi connectivity index (χ0) is 22.1. The number of aryl methyl sites for hydroxylation is 1. The molecule has 0 radical (unpaired) electrons. The quantitative estimate of drug-likeness (QED) is 0.305. The number of guanidine groups is 1. The van der Waals surface area contributed by atoms with Gasteiger partial charge < -0.3 is 19.5 Å². The fourth-order valence-corrected chi connectivity index (χ4v) is 3.08. The van der Waals surface area contributed by atoms with Crippen LogP contribution in [-0.2, 0) is 24.9 Å². The van der Waals surface area contributed by atoms with E-state index in [1.165, 1.54) is 0 Å². The first-order valence-corrected chi connectivity index (χ1v) is 10.6. The Bertz CT molecular complexity index is 963. The minimum Gasteiger partial charge on any atom is -0.382 e. The van der Waals surface area contributed by atoms with Crippen LogP contribution in [0.1, 0.15) is 30.6 Å². The second-order valence-electron chi connectivity index (χ2n) is 7.32. The molecule has 0 aliphatic rings. The molecule has 0 saturated carbocycles. The summed E-state index contributed by atoms with van der Waals surface area (Å²) in [6, 6.07) is 10.1. The number of aliphatic imine (C=N–C) groups is 1. The van der Waals surface area contributed by atoms with E-state index in [-0.39, 0.29) is 0 Å². The van der Waals surface area contributed by atoms with Gasteiger partial charge in [-0.15, -0.1) is 10.2 Å². The van der Waals surface area contributed by atoms with Gasteiger partial charge in [-0.25, -0.2) is 9.67 Å². The van der Waals surface area contributed by atoms with Crippen molar-refractivity contribution in [1.29, 1.82) is 0 Å². The van der Waals surface area contributed by atoms with Crippen molar-refractivity contribution in [2.45, 2.75) is 33.4 Å². The molecule has 2 aromatic heterocycles. The molecule has 0 spiro atoms. The lowest BCUT2D eigenvalue weighted by Crippen LogP contribution is -2.39. The third-order valence-corrected chi connectivity index (χ3v) is 4.94. The number of benzene rings is 1. The molecule has 0 saturated heterocycles. The van der Waals surface area contributed by atoms with E-state index < -0.39 is 0 Å². The number of nitrogens with one attached hydrogen (secondary N) is 1. The summed E-state index contributed by atoms with van der Waals surface area (Å²) < 4.78 is 9.28. The third-order valence-electron chi connectivity index (χ3n) is 4.94. The van der Waals surface area contributed by atoms with Crippen LogP contribution in [0.5, 0.6) is 0 Å². The molecule has 1 N–H and O–H groups in total. The summed E-state index contributed by atoms with van der Waals surface area (Å²) in [6.45, 7) is 7.33. The number of rotatable bonds is 10. The summed E-state index contributed by atoms with van der Waals surface area (Å²) in [5.74, 6) is 2.51. The zero-order valence-electron chi connectivity index (χ0n) is 18.8. The third kappa shape index (κ3) is 6.39. The van der Waals surface area contributed by atoms with Crippen molar-refractivity contribution in [3.8, 4) is 5.69 Å². The highest BCUT2D eigenvalue weighted by Crippen LogP contribution is 2.09. The summed E-state index contributed by atoms with van der Waals surface area (Å²) in [5, 5.41) is 16.3. The summed E-state index contributed by atoms with van der Waals surface area (Å²) in [6.07, 6.45) is 4.85. The number of ether oxygens (including phenoxy) is 1. The minimum absolute atomic E-state index is 0.457. The number of aromatic nitrogens is 5. The van der Waals surface area contributed by atoms with Gasteiger partial charge in [0.05, 0.1) is 11.9 Å². The molecule has 9 nitrogen and oxygen atoms in total. The first-order chi connectivity index (χ1) is 15.1. The molecular weight excluding hydrogens is 392 g/mol. The molecule has 3 aromatic rings. The normalized spacial score (nSPS) is 11.7. The maximum atomic E-state index is 5.44.